The highest BCUT2D eigenvalue weighted by molar-refractivity contribution is 5.73. The van der Waals surface area contributed by atoms with Gasteiger partial charge in [0.1, 0.15) is 0 Å². The molecule has 0 fully saturated rings. The maximum Gasteiger partial charge on any atom is 0.319 e. The van der Waals surface area contributed by atoms with Gasteiger partial charge in [0, 0.05) is 27.2 Å². The van der Waals surface area contributed by atoms with Gasteiger partial charge in [-0.05, 0) is 51.5 Å². The van der Waals surface area contributed by atoms with E-state index in [1.807, 2.05) is 23.9 Å². The Morgan fingerprint density at radius 3 is 1.93 bits per heavy atom. The molecule has 0 aliphatic heterocycles. The Morgan fingerprint density at radius 1 is 0.800 bits per heavy atom. The molecule has 0 aliphatic rings. The fraction of sp³-hybridized carbons (Fsp3) is 0.833. The Labute approximate surface area is 185 Å². The average Bonchev–Trinajstić information content (AvgIpc) is 2.75. The molecule has 0 saturated carbocycles. The lowest BCUT2D eigenvalue weighted by atomic mass is 10.1. The smallest absolute Gasteiger partial charge is 0.319 e. The summed E-state index contributed by atoms with van der Waals surface area (Å²) in [5.74, 6) is -0.201. The minimum atomic E-state index is -0.201. The van der Waals surface area contributed by atoms with Crippen LogP contribution in [0.25, 0.3) is 0 Å². The van der Waals surface area contributed by atoms with Crippen LogP contribution < -0.4 is 5.32 Å². The summed E-state index contributed by atoms with van der Waals surface area (Å²) in [5, 5.41) is 3.09. The second-order valence-corrected chi connectivity index (χ2v) is 8.11. The van der Waals surface area contributed by atoms with Crippen molar-refractivity contribution in [2.24, 2.45) is 0 Å². The number of esters is 1. The number of nitrogens with zero attached hydrogens (tertiary/aromatic N) is 2. The summed E-state index contributed by atoms with van der Waals surface area (Å²) < 4.78 is 4.58. The van der Waals surface area contributed by atoms with Crippen LogP contribution in [0.2, 0.25) is 0 Å². The molecule has 0 aromatic carbocycles. The van der Waals surface area contributed by atoms with Gasteiger partial charge < -0.3 is 19.9 Å². The van der Waals surface area contributed by atoms with Gasteiger partial charge in [0.25, 0.3) is 0 Å². The summed E-state index contributed by atoms with van der Waals surface area (Å²) in [5.41, 5.74) is 0. The van der Waals surface area contributed by atoms with Crippen LogP contribution in [0.5, 0.6) is 0 Å². The Hall–Kier alpha value is -1.56. The fourth-order valence-electron chi connectivity index (χ4n) is 3.23. The molecule has 30 heavy (non-hydrogen) atoms. The molecule has 0 aromatic rings. The first-order valence-electron chi connectivity index (χ1n) is 11.9. The van der Waals surface area contributed by atoms with Gasteiger partial charge in [-0.15, -0.1) is 0 Å². The van der Waals surface area contributed by atoms with E-state index in [0.29, 0.717) is 6.54 Å². The van der Waals surface area contributed by atoms with Crippen LogP contribution >= 0.6 is 0 Å². The summed E-state index contributed by atoms with van der Waals surface area (Å²) in [7, 11) is 5.22. The zero-order chi connectivity index (χ0) is 22.5. The van der Waals surface area contributed by atoms with Crippen molar-refractivity contribution in [3.05, 3.63) is 12.2 Å². The second-order valence-electron chi connectivity index (χ2n) is 8.11. The highest BCUT2D eigenvalue weighted by atomic mass is 16.5. The molecular formula is C24H47N3O3. The van der Waals surface area contributed by atoms with Crippen molar-refractivity contribution in [2.45, 2.75) is 84.0 Å². The van der Waals surface area contributed by atoms with E-state index in [9.17, 15) is 9.59 Å². The number of rotatable bonds is 19. The molecule has 2 amide bonds. The monoisotopic (exact) mass is 425 g/mol. The van der Waals surface area contributed by atoms with Crippen LogP contribution in [0.15, 0.2) is 12.2 Å². The lowest BCUT2D eigenvalue weighted by Crippen LogP contribution is -2.39. The number of urea groups is 1. The molecule has 6 nitrogen and oxygen atoms in total. The zero-order valence-corrected chi connectivity index (χ0v) is 20.1. The predicted octanol–water partition coefficient (Wildman–Crippen LogP) is 4.99. The average molecular weight is 426 g/mol. The SMILES string of the molecule is CCCCCN(C)C(=O)N(C)CCCCC=CCCCCCCCNCC(=O)OC. The third-order valence-corrected chi connectivity index (χ3v) is 5.25. The molecule has 0 bridgehead atoms. The number of allylic oxidation sites excluding steroid dienone is 2. The number of carbonyl (C=O) groups excluding carboxylic acids is 2. The molecule has 0 heterocycles. The quantitative estimate of drug-likeness (QED) is 0.180. The standard InChI is InChI=1S/C24H47N3O3/c1-5-6-17-20-26(2)24(29)27(3)21-18-15-13-11-9-7-8-10-12-14-16-19-25-22-23(28)30-4/h9,11,25H,5-8,10,12-22H2,1-4H3. The van der Waals surface area contributed by atoms with E-state index in [0.717, 1.165) is 58.2 Å². The number of hydrogen-bond acceptors (Lipinski definition) is 4. The van der Waals surface area contributed by atoms with Gasteiger partial charge in [-0.1, -0.05) is 51.2 Å². The molecule has 6 heteroatoms. The molecule has 0 atom stereocenters. The van der Waals surface area contributed by atoms with Crippen molar-refractivity contribution in [1.29, 1.82) is 0 Å². The van der Waals surface area contributed by atoms with Crippen molar-refractivity contribution >= 4 is 12.0 Å². The van der Waals surface area contributed by atoms with Crippen LogP contribution in [0.1, 0.15) is 84.0 Å². The van der Waals surface area contributed by atoms with Crippen LogP contribution in [-0.2, 0) is 9.53 Å². The van der Waals surface area contributed by atoms with Gasteiger partial charge >= 0.3 is 12.0 Å². The number of unbranched alkanes of at least 4 members (excludes halogenated alkanes) is 9. The highest BCUT2D eigenvalue weighted by Crippen LogP contribution is 2.07. The maximum absolute atomic E-state index is 12.3. The molecule has 0 rings (SSSR count). The van der Waals surface area contributed by atoms with Crippen molar-refractivity contribution in [3.8, 4) is 0 Å². The van der Waals surface area contributed by atoms with Crippen LogP contribution in [0.3, 0.4) is 0 Å². The van der Waals surface area contributed by atoms with Crippen LogP contribution in [0.4, 0.5) is 4.79 Å². The van der Waals surface area contributed by atoms with E-state index >= 15 is 0 Å². The van der Waals surface area contributed by atoms with E-state index in [1.54, 1.807) is 0 Å². The highest BCUT2D eigenvalue weighted by Gasteiger charge is 2.12. The molecule has 0 spiro atoms. The summed E-state index contributed by atoms with van der Waals surface area (Å²) >= 11 is 0. The number of methoxy groups -OCH3 is 1. The summed E-state index contributed by atoms with van der Waals surface area (Å²) in [6.07, 6.45) is 18.6. The van der Waals surface area contributed by atoms with Crippen LogP contribution in [-0.4, -0.2) is 69.2 Å². The Kier molecular flexibility index (Phi) is 19.6. The molecule has 0 aliphatic carbocycles. The molecule has 0 saturated heterocycles. The Morgan fingerprint density at radius 2 is 1.33 bits per heavy atom. The Balaban J connectivity index is 3.46. The van der Waals surface area contributed by atoms with Gasteiger partial charge in [0.05, 0.1) is 13.7 Å². The third-order valence-electron chi connectivity index (χ3n) is 5.25. The van der Waals surface area contributed by atoms with Crippen molar-refractivity contribution in [1.82, 2.24) is 15.1 Å². The topological polar surface area (TPSA) is 61.9 Å². The second kappa shape index (κ2) is 20.7. The largest absolute Gasteiger partial charge is 0.468 e. The minimum Gasteiger partial charge on any atom is -0.468 e. The molecule has 0 unspecified atom stereocenters. The van der Waals surface area contributed by atoms with E-state index < -0.39 is 0 Å². The first-order valence-corrected chi connectivity index (χ1v) is 11.9. The maximum atomic E-state index is 12.3. The number of carbonyl (C=O) groups is 2. The molecular weight excluding hydrogens is 378 g/mol. The van der Waals surface area contributed by atoms with E-state index in [1.165, 1.54) is 45.6 Å². The first kappa shape index (κ1) is 28.4. The van der Waals surface area contributed by atoms with Crippen molar-refractivity contribution in [2.75, 3.05) is 47.4 Å². The van der Waals surface area contributed by atoms with E-state index in [-0.39, 0.29) is 12.0 Å². The number of nitrogens with one attached hydrogen (secondary N) is 1. The minimum absolute atomic E-state index is 0.140. The molecule has 0 aromatic heterocycles. The van der Waals surface area contributed by atoms with Gasteiger partial charge in [0.15, 0.2) is 0 Å². The van der Waals surface area contributed by atoms with E-state index in [4.69, 9.17) is 0 Å². The molecule has 1 N–H and O–H groups in total. The van der Waals surface area contributed by atoms with Gasteiger partial charge in [-0.3, -0.25) is 4.79 Å². The van der Waals surface area contributed by atoms with Crippen molar-refractivity contribution < 1.29 is 14.3 Å². The summed E-state index contributed by atoms with van der Waals surface area (Å²) in [4.78, 5) is 26.9. The van der Waals surface area contributed by atoms with Gasteiger partial charge in [0.2, 0.25) is 0 Å². The summed E-state index contributed by atoms with van der Waals surface area (Å²) in [6.45, 7) is 5.06. The fourth-order valence-corrected chi connectivity index (χ4v) is 3.23. The third kappa shape index (κ3) is 17.3. The van der Waals surface area contributed by atoms with Gasteiger partial charge in [-0.25, -0.2) is 4.79 Å². The number of ether oxygens (including phenoxy) is 1. The lowest BCUT2D eigenvalue weighted by Gasteiger charge is -2.24. The predicted molar refractivity (Wildman–Crippen MR) is 126 cm³/mol. The van der Waals surface area contributed by atoms with Gasteiger partial charge in [-0.2, -0.15) is 0 Å². The number of hydrogen-bond donors (Lipinski definition) is 1. The van der Waals surface area contributed by atoms with Crippen molar-refractivity contribution in [3.63, 3.8) is 0 Å². The molecule has 176 valence electrons. The Bertz CT molecular complexity index is 455. The molecule has 0 radical (unpaired) electrons. The zero-order valence-electron chi connectivity index (χ0n) is 20.1. The lowest BCUT2D eigenvalue weighted by molar-refractivity contribution is -0.139. The summed E-state index contributed by atoms with van der Waals surface area (Å²) in [6, 6.07) is 0.140. The number of amides is 2. The normalized spacial score (nSPS) is 11.1. The van der Waals surface area contributed by atoms with E-state index in [2.05, 4.69) is 29.1 Å². The van der Waals surface area contributed by atoms with Crippen LogP contribution in [0, 0.1) is 0 Å². The first-order chi connectivity index (χ1) is 14.5.